The van der Waals surface area contributed by atoms with Crippen LogP contribution in [0.5, 0.6) is 0 Å². The van der Waals surface area contributed by atoms with Gasteiger partial charge in [0.15, 0.2) is 0 Å². The van der Waals surface area contributed by atoms with Gasteiger partial charge in [0.25, 0.3) is 0 Å². The van der Waals surface area contributed by atoms with Gasteiger partial charge in [0.1, 0.15) is 11.5 Å². The zero-order valence-electron chi connectivity index (χ0n) is 11.2. The lowest BCUT2D eigenvalue weighted by Gasteiger charge is -2.24. The van der Waals surface area contributed by atoms with Crippen molar-refractivity contribution in [2.24, 2.45) is 5.73 Å². The SMILES string of the molecule is CCCN(CC(F)(F)F)S(=O)(=O)c1ccccc1C(N)=S. The summed E-state index contributed by atoms with van der Waals surface area (Å²) in [5.74, 6) is 0. The number of nitrogens with zero attached hydrogens (tertiary/aromatic N) is 1. The minimum Gasteiger partial charge on any atom is -0.389 e. The molecule has 1 rings (SSSR count). The van der Waals surface area contributed by atoms with Gasteiger partial charge in [-0.15, -0.1) is 0 Å². The third kappa shape index (κ3) is 4.65. The molecule has 0 radical (unpaired) electrons. The first-order valence-electron chi connectivity index (χ1n) is 6.05. The minimum atomic E-state index is -4.62. The van der Waals surface area contributed by atoms with E-state index in [1.165, 1.54) is 24.3 Å². The number of nitrogens with two attached hydrogens (primary N) is 1. The highest BCUT2D eigenvalue weighted by Gasteiger charge is 2.37. The van der Waals surface area contributed by atoms with E-state index < -0.39 is 22.7 Å². The maximum atomic E-state index is 12.6. The van der Waals surface area contributed by atoms with E-state index in [-0.39, 0.29) is 28.4 Å². The molecule has 9 heteroatoms. The third-order valence-electron chi connectivity index (χ3n) is 2.60. The van der Waals surface area contributed by atoms with Crippen LogP contribution in [0.1, 0.15) is 18.9 Å². The van der Waals surface area contributed by atoms with Crippen LogP contribution in [0.2, 0.25) is 0 Å². The minimum absolute atomic E-state index is 0.0378. The van der Waals surface area contributed by atoms with E-state index in [9.17, 15) is 21.6 Å². The van der Waals surface area contributed by atoms with Crippen molar-refractivity contribution >= 4 is 27.2 Å². The van der Waals surface area contributed by atoms with Gasteiger partial charge in [0.2, 0.25) is 10.0 Å². The van der Waals surface area contributed by atoms with Gasteiger partial charge >= 0.3 is 6.18 Å². The number of sulfonamides is 1. The number of halogens is 3. The van der Waals surface area contributed by atoms with Crippen LogP contribution in [0.4, 0.5) is 13.2 Å². The van der Waals surface area contributed by atoms with Gasteiger partial charge in [-0.2, -0.15) is 17.5 Å². The van der Waals surface area contributed by atoms with Gasteiger partial charge in [0, 0.05) is 12.1 Å². The molecule has 118 valence electrons. The predicted molar refractivity (Wildman–Crippen MR) is 77.4 cm³/mol. The fourth-order valence-electron chi connectivity index (χ4n) is 1.77. The molecule has 0 saturated heterocycles. The largest absolute Gasteiger partial charge is 0.402 e. The molecule has 0 aliphatic rings. The second-order valence-corrected chi connectivity index (χ2v) is 6.66. The number of hydrogen-bond acceptors (Lipinski definition) is 3. The molecule has 21 heavy (non-hydrogen) atoms. The molecule has 0 aliphatic heterocycles. The van der Waals surface area contributed by atoms with Crippen LogP contribution in [-0.4, -0.2) is 37.0 Å². The summed E-state index contributed by atoms with van der Waals surface area (Å²) in [6.45, 7) is -0.194. The van der Waals surface area contributed by atoms with E-state index in [1.54, 1.807) is 6.92 Å². The monoisotopic (exact) mass is 340 g/mol. The van der Waals surface area contributed by atoms with Crippen molar-refractivity contribution in [3.05, 3.63) is 29.8 Å². The third-order valence-corrected chi connectivity index (χ3v) is 4.72. The van der Waals surface area contributed by atoms with Gasteiger partial charge in [-0.05, 0) is 12.5 Å². The van der Waals surface area contributed by atoms with Crippen LogP contribution < -0.4 is 5.73 Å². The van der Waals surface area contributed by atoms with Crippen LogP contribution in [0.25, 0.3) is 0 Å². The quantitative estimate of drug-likeness (QED) is 0.807. The van der Waals surface area contributed by atoms with Gasteiger partial charge in [-0.3, -0.25) is 0 Å². The van der Waals surface area contributed by atoms with Crippen LogP contribution in [-0.2, 0) is 10.0 Å². The smallest absolute Gasteiger partial charge is 0.389 e. The Labute approximate surface area is 126 Å². The van der Waals surface area contributed by atoms with E-state index in [1.807, 2.05) is 0 Å². The zero-order valence-corrected chi connectivity index (χ0v) is 12.9. The maximum absolute atomic E-state index is 12.6. The summed E-state index contributed by atoms with van der Waals surface area (Å²) in [5, 5.41) is 0. The molecule has 0 aromatic heterocycles. The summed E-state index contributed by atoms with van der Waals surface area (Å²) in [5.41, 5.74) is 5.48. The van der Waals surface area contributed by atoms with Gasteiger partial charge in [-0.1, -0.05) is 37.3 Å². The van der Waals surface area contributed by atoms with Gasteiger partial charge < -0.3 is 5.73 Å². The second kappa shape index (κ2) is 6.71. The topological polar surface area (TPSA) is 63.4 Å². The number of benzene rings is 1. The normalized spacial score (nSPS) is 12.6. The first kappa shape index (κ1) is 17.9. The van der Waals surface area contributed by atoms with Gasteiger partial charge in [0.05, 0.1) is 4.90 Å². The molecular weight excluding hydrogens is 325 g/mol. The van der Waals surface area contributed by atoms with E-state index in [4.69, 9.17) is 18.0 Å². The van der Waals surface area contributed by atoms with Crippen molar-refractivity contribution in [1.29, 1.82) is 0 Å². The second-order valence-electron chi connectivity index (χ2n) is 4.31. The molecule has 0 saturated carbocycles. The Bertz CT molecular complexity index is 615. The molecule has 2 N–H and O–H groups in total. The first-order valence-corrected chi connectivity index (χ1v) is 7.90. The average Bonchev–Trinajstić information content (AvgIpc) is 2.36. The highest BCUT2D eigenvalue weighted by Crippen LogP contribution is 2.25. The van der Waals surface area contributed by atoms with Crippen LogP contribution in [0.3, 0.4) is 0 Å². The molecule has 0 amide bonds. The van der Waals surface area contributed by atoms with E-state index in [0.29, 0.717) is 4.31 Å². The van der Waals surface area contributed by atoms with Crippen molar-refractivity contribution in [2.45, 2.75) is 24.4 Å². The van der Waals surface area contributed by atoms with Crippen molar-refractivity contribution in [3.63, 3.8) is 0 Å². The molecule has 1 aromatic rings. The van der Waals surface area contributed by atoms with Gasteiger partial charge in [-0.25, -0.2) is 8.42 Å². The fourth-order valence-corrected chi connectivity index (χ4v) is 3.73. The van der Waals surface area contributed by atoms with E-state index in [2.05, 4.69) is 0 Å². The lowest BCUT2D eigenvalue weighted by Crippen LogP contribution is -2.40. The highest BCUT2D eigenvalue weighted by atomic mass is 32.2. The summed E-state index contributed by atoms with van der Waals surface area (Å²) in [7, 11) is -4.33. The Kier molecular flexibility index (Phi) is 5.71. The lowest BCUT2D eigenvalue weighted by molar-refractivity contribution is -0.136. The summed E-state index contributed by atoms with van der Waals surface area (Å²) in [4.78, 5) is -0.493. The van der Waals surface area contributed by atoms with Crippen molar-refractivity contribution in [2.75, 3.05) is 13.1 Å². The van der Waals surface area contributed by atoms with Crippen LogP contribution >= 0.6 is 12.2 Å². The molecule has 0 atom stereocenters. The Balaban J connectivity index is 3.33. The Hall–Kier alpha value is -1.19. The van der Waals surface area contributed by atoms with E-state index in [0.717, 1.165) is 0 Å². The number of rotatable bonds is 6. The lowest BCUT2D eigenvalue weighted by atomic mass is 10.2. The molecule has 4 nitrogen and oxygen atoms in total. The standard InChI is InChI=1S/C12H15F3N2O2S2/c1-2-7-17(8-12(13,14)15)21(18,19)10-6-4-3-5-9(10)11(16)20/h3-6H,2,7-8H2,1H3,(H2,16,20). The number of thiocarbonyl (C=S) groups is 1. The molecule has 0 unspecified atom stereocenters. The molecule has 0 spiro atoms. The Morgan fingerprint density at radius 2 is 1.90 bits per heavy atom. The molecule has 0 fully saturated rings. The number of hydrogen-bond donors (Lipinski definition) is 1. The van der Waals surface area contributed by atoms with Crippen LogP contribution in [0, 0.1) is 0 Å². The molecule has 0 heterocycles. The summed E-state index contributed by atoms with van der Waals surface area (Å²) in [6, 6.07) is 5.49. The van der Waals surface area contributed by atoms with Crippen molar-refractivity contribution in [3.8, 4) is 0 Å². The molecule has 0 aliphatic carbocycles. The Morgan fingerprint density at radius 1 is 1.33 bits per heavy atom. The number of alkyl halides is 3. The van der Waals surface area contributed by atoms with Crippen molar-refractivity contribution < 1.29 is 21.6 Å². The Morgan fingerprint density at radius 3 is 2.38 bits per heavy atom. The molecule has 0 bridgehead atoms. The van der Waals surface area contributed by atoms with Crippen LogP contribution in [0.15, 0.2) is 29.2 Å². The maximum Gasteiger partial charge on any atom is 0.402 e. The fraction of sp³-hybridized carbons (Fsp3) is 0.417. The summed E-state index contributed by atoms with van der Waals surface area (Å²) >= 11 is 4.75. The highest BCUT2D eigenvalue weighted by molar-refractivity contribution is 7.89. The first-order chi connectivity index (χ1) is 9.59. The van der Waals surface area contributed by atoms with Crippen molar-refractivity contribution in [1.82, 2.24) is 4.31 Å². The molecule has 1 aromatic carbocycles. The average molecular weight is 340 g/mol. The predicted octanol–water partition coefficient (Wildman–Crippen LogP) is 2.28. The zero-order chi connectivity index (χ0) is 16.3. The summed E-state index contributed by atoms with van der Waals surface area (Å²) in [6.07, 6.45) is -4.37. The van der Waals surface area contributed by atoms with E-state index >= 15 is 0 Å². The molecular formula is C12H15F3N2O2S2. The summed E-state index contributed by atoms with van der Waals surface area (Å²) < 4.78 is 63.0.